The predicted molar refractivity (Wildman–Crippen MR) is 65.1 cm³/mol. The number of halogens is 4. The van der Waals surface area contributed by atoms with Crippen molar-refractivity contribution >= 4 is 17.4 Å². The third-order valence-corrected chi connectivity index (χ3v) is 3.04. The molecule has 0 amide bonds. The molecular weight excluding hydrogens is 267 g/mol. The molecule has 0 atom stereocenters. The number of rotatable bonds is 3. The van der Waals surface area contributed by atoms with E-state index in [9.17, 15) is 13.2 Å². The molecule has 0 aromatic carbocycles. The lowest BCUT2D eigenvalue weighted by Crippen LogP contribution is -2.40. The zero-order chi connectivity index (χ0) is 14.1. The van der Waals surface area contributed by atoms with E-state index in [4.69, 9.17) is 11.6 Å². The molecule has 1 heterocycles. The van der Waals surface area contributed by atoms with Crippen LogP contribution in [-0.4, -0.2) is 29.0 Å². The summed E-state index contributed by atoms with van der Waals surface area (Å²) >= 11 is 5.79. The van der Waals surface area contributed by atoms with Crippen LogP contribution in [0.3, 0.4) is 0 Å². The second-order valence-electron chi connectivity index (χ2n) is 4.40. The normalized spacial score (nSPS) is 12.1. The van der Waals surface area contributed by atoms with Crippen LogP contribution in [0.15, 0.2) is 0 Å². The third kappa shape index (κ3) is 3.48. The van der Waals surface area contributed by atoms with Crippen molar-refractivity contribution in [2.24, 2.45) is 0 Å². The first kappa shape index (κ1) is 15.0. The molecule has 0 aliphatic heterocycles. The van der Waals surface area contributed by atoms with Crippen LogP contribution in [0, 0.1) is 13.8 Å². The molecule has 0 saturated heterocycles. The van der Waals surface area contributed by atoms with Crippen LogP contribution in [0.1, 0.15) is 25.0 Å². The monoisotopic (exact) mass is 281 g/mol. The minimum Gasteiger partial charge on any atom is -0.343 e. The Morgan fingerprint density at radius 3 is 2.17 bits per heavy atom. The van der Waals surface area contributed by atoms with Crippen molar-refractivity contribution in [3.05, 3.63) is 16.3 Å². The molecule has 1 rings (SSSR count). The maximum absolute atomic E-state index is 12.5. The fraction of sp³-hybridized carbons (Fsp3) is 0.636. The molecular formula is C11H15ClF3N3. The van der Waals surface area contributed by atoms with Crippen molar-refractivity contribution in [3.8, 4) is 0 Å². The molecule has 1 aromatic heterocycles. The Morgan fingerprint density at radius 2 is 1.72 bits per heavy atom. The summed E-state index contributed by atoms with van der Waals surface area (Å²) in [6.45, 7) is 5.70. The Balaban J connectivity index is 3.19. The summed E-state index contributed by atoms with van der Waals surface area (Å²) in [7, 11) is 0. The number of nitrogens with zero attached hydrogens (tertiary/aromatic N) is 3. The van der Waals surface area contributed by atoms with Crippen molar-refractivity contribution in [1.29, 1.82) is 0 Å². The van der Waals surface area contributed by atoms with Gasteiger partial charge in [-0.3, -0.25) is 0 Å². The molecule has 0 bridgehead atoms. The highest BCUT2D eigenvalue weighted by atomic mass is 35.5. The molecule has 0 aliphatic carbocycles. The van der Waals surface area contributed by atoms with Gasteiger partial charge in [0.2, 0.25) is 0 Å². The number of alkyl halides is 3. The first-order valence-corrected chi connectivity index (χ1v) is 5.84. The van der Waals surface area contributed by atoms with E-state index in [-0.39, 0.29) is 17.0 Å². The van der Waals surface area contributed by atoms with Gasteiger partial charge in [-0.2, -0.15) is 13.2 Å². The van der Waals surface area contributed by atoms with E-state index >= 15 is 0 Å². The van der Waals surface area contributed by atoms with Gasteiger partial charge < -0.3 is 4.90 Å². The molecule has 3 nitrogen and oxygen atoms in total. The highest BCUT2D eigenvalue weighted by Crippen LogP contribution is 2.28. The second kappa shape index (κ2) is 5.30. The molecule has 102 valence electrons. The van der Waals surface area contributed by atoms with Crippen molar-refractivity contribution in [2.75, 3.05) is 11.4 Å². The molecule has 7 heteroatoms. The fourth-order valence-corrected chi connectivity index (χ4v) is 1.71. The molecule has 0 fully saturated rings. The van der Waals surface area contributed by atoms with Gasteiger partial charge in [-0.15, -0.1) is 10.2 Å². The number of hydrogen-bond acceptors (Lipinski definition) is 3. The Kier molecular flexibility index (Phi) is 4.42. The summed E-state index contributed by atoms with van der Waals surface area (Å²) in [6, 6.07) is -0.333. The van der Waals surface area contributed by atoms with Gasteiger partial charge in [-0.25, -0.2) is 0 Å². The topological polar surface area (TPSA) is 29.0 Å². The maximum atomic E-state index is 12.5. The molecule has 0 N–H and O–H groups in total. The summed E-state index contributed by atoms with van der Waals surface area (Å²) in [5.74, 6) is 0.226. The molecule has 18 heavy (non-hydrogen) atoms. The van der Waals surface area contributed by atoms with E-state index in [2.05, 4.69) is 10.2 Å². The maximum Gasteiger partial charge on any atom is 0.405 e. The van der Waals surface area contributed by atoms with Crippen molar-refractivity contribution in [3.63, 3.8) is 0 Å². The molecule has 0 aliphatic rings. The smallest absolute Gasteiger partial charge is 0.343 e. The highest BCUT2D eigenvalue weighted by molar-refractivity contribution is 6.30. The predicted octanol–water partition coefficient (Wildman–Crippen LogP) is 3.52. The van der Waals surface area contributed by atoms with E-state index in [0.29, 0.717) is 11.1 Å². The Bertz CT molecular complexity index is 432. The Labute approximate surface area is 109 Å². The quantitative estimate of drug-likeness (QED) is 0.849. The van der Waals surface area contributed by atoms with Crippen LogP contribution < -0.4 is 4.90 Å². The SMILES string of the molecule is Cc1c(Cl)nnc(N(CC(F)(F)F)C(C)C)c1C. The Morgan fingerprint density at radius 1 is 1.17 bits per heavy atom. The summed E-state index contributed by atoms with van der Waals surface area (Å²) < 4.78 is 37.6. The van der Waals surface area contributed by atoms with Gasteiger partial charge in [-0.05, 0) is 38.8 Å². The van der Waals surface area contributed by atoms with Crippen LogP contribution in [0.5, 0.6) is 0 Å². The third-order valence-electron chi connectivity index (χ3n) is 2.68. The van der Waals surface area contributed by atoms with Crippen LogP contribution in [-0.2, 0) is 0 Å². The fourth-order valence-electron chi connectivity index (χ4n) is 1.53. The molecule has 0 radical (unpaired) electrons. The molecule has 0 spiro atoms. The largest absolute Gasteiger partial charge is 0.405 e. The number of anilines is 1. The van der Waals surface area contributed by atoms with Gasteiger partial charge in [0.1, 0.15) is 6.54 Å². The average molecular weight is 282 g/mol. The lowest BCUT2D eigenvalue weighted by molar-refractivity contribution is -0.120. The lowest BCUT2D eigenvalue weighted by Gasteiger charge is -2.29. The van der Waals surface area contributed by atoms with Gasteiger partial charge >= 0.3 is 6.18 Å². The van der Waals surface area contributed by atoms with Gasteiger partial charge in [0.05, 0.1) is 0 Å². The van der Waals surface area contributed by atoms with Crippen LogP contribution in [0.4, 0.5) is 19.0 Å². The van der Waals surface area contributed by atoms with Crippen LogP contribution in [0.2, 0.25) is 5.15 Å². The zero-order valence-electron chi connectivity index (χ0n) is 10.6. The summed E-state index contributed by atoms with van der Waals surface area (Å²) in [5.41, 5.74) is 1.27. The zero-order valence-corrected chi connectivity index (χ0v) is 11.4. The minimum atomic E-state index is -4.29. The first-order chi connectivity index (χ1) is 8.13. The van der Waals surface area contributed by atoms with Crippen molar-refractivity contribution in [1.82, 2.24) is 10.2 Å². The molecule has 0 unspecified atom stereocenters. The van der Waals surface area contributed by atoms with Crippen molar-refractivity contribution in [2.45, 2.75) is 39.9 Å². The van der Waals surface area contributed by atoms with Gasteiger partial charge in [0, 0.05) is 6.04 Å². The summed E-state index contributed by atoms with van der Waals surface area (Å²) in [6.07, 6.45) is -4.29. The molecule has 1 aromatic rings. The average Bonchev–Trinajstić information content (AvgIpc) is 2.22. The van der Waals surface area contributed by atoms with Crippen molar-refractivity contribution < 1.29 is 13.2 Å². The number of aromatic nitrogens is 2. The van der Waals surface area contributed by atoms with E-state index in [1.807, 2.05) is 0 Å². The van der Waals surface area contributed by atoms with Gasteiger partial charge in [-0.1, -0.05) is 11.6 Å². The van der Waals surface area contributed by atoms with E-state index in [1.54, 1.807) is 27.7 Å². The van der Waals surface area contributed by atoms with E-state index in [0.717, 1.165) is 0 Å². The van der Waals surface area contributed by atoms with Crippen LogP contribution >= 0.6 is 11.6 Å². The van der Waals surface area contributed by atoms with Gasteiger partial charge in [0.15, 0.2) is 11.0 Å². The van der Waals surface area contributed by atoms with E-state index < -0.39 is 12.7 Å². The second-order valence-corrected chi connectivity index (χ2v) is 4.76. The van der Waals surface area contributed by atoms with Crippen LogP contribution in [0.25, 0.3) is 0 Å². The number of hydrogen-bond donors (Lipinski definition) is 0. The van der Waals surface area contributed by atoms with Gasteiger partial charge in [0.25, 0.3) is 0 Å². The summed E-state index contributed by atoms with van der Waals surface area (Å²) in [4.78, 5) is 1.17. The van der Waals surface area contributed by atoms with E-state index in [1.165, 1.54) is 4.90 Å². The lowest BCUT2D eigenvalue weighted by atomic mass is 10.1. The Hall–Kier alpha value is -1.04. The standard InChI is InChI=1S/C11H15ClF3N3/c1-6(2)18(5-11(13,14)15)10-8(4)7(3)9(12)16-17-10/h6H,5H2,1-4H3. The molecule has 0 saturated carbocycles. The minimum absolute atomic E-state index is 0.215. The highest BCUT2D eigenvalue weighted by Gasteiger charge is 2.33. The summed E-state index contributed by atoms with van der Waals surface area (Å²) in [5, 5.41) is 7.68. The first-order valence-electron chi connectivity index (χ1n) is 5.46.